The monoisotopic (exact) mass is 408 g/mol. The van der Waals surface area contributed by atoms with Gasteiger partial charge in [-0.15, -0.1) is 0 Å². The molecule has 5 nitrogen and oxygen atoms in total. The van der Waals surface area contributed by atoms with Gasteiger partial charge in [0.2, 0.25) is 0 Å². The Hall–Kier alpha value is -3.35. The Morgan fingerprint density at radius 2 is 2.03 bits per heavy atom. The third kappa shape index (κ3) is 4.45. The van der Waals surface area contributed by atoms with Crippen LogP contribution in [-0.4, -0.2) is 34.0 Å². The third-order valence-corrected chi connectivity index (χ3v) is 5.25. The first-order valence-corrected chi connectivity index (χ1v) is 9.90. The number of urea groups is 1. The van der Waals surface area contributed by atoms with E-state index in [1.807, 2.05) is 37.3 Å². The molecule has 7 heteroatoms. The average molecular weight is 408 g/mol. The van der Waals surface area contributed by atoms with Crippen molar-refractivity contribution < 1.29 is 13.6 Å². The highest BCUT2D eigenvalue weighted by Gasteiger charge is 2.26. The zero-order valence-electron chi connectivity index (χ0n) is 16.6. The summed E-state index contributed by atoms with van der Waals surface area (Å²) in [6, 6.07) is 12.4. The summed E-state index contributed by atoms with van der Waals surface area (Å²) in [6.45, 7) is 3.02. The number of anilines is 1. The van der Waals surface area contributed by atoms with Crippen molar-refractivity contribution in [2.24, 2.45) is 0 Å². The predicted octanol–water partition coefficient (Wildman–Crippen LogP) is 5.14. The summed E-state index contributed by atoms with van der Waals surface area (Å²) in [5.74, 6) is -0.571. The molecule has 0 radical (unpaired) electrons. The van der Waals surface area contributed by atoms with E-state index in [1.165, 1.54) is 0 Å². The van der Waals surface area contributed by atoms with Gasteiger partial charge in [-0.3, -0.25) is 0 Å². The standard InChI is InChI=1S/C23H22F2N4O/c1-15-4-2-5-16(12-15)22-26-10-9-20(27-22)17-6-3-11-29(14-17)23(30)28-21-13-18(24)7-8-19(21)25/h2,4-5,7-10,12-13,17H,3,6,11,14H2,1H3,(H,28,30)/t17-/m0/s1. The average Bonchev–Trinajstić information content (AvgIpc) is 2.76. The van der Waals surface area contributed by atoms with E-state index >= 15 is 0 Å². The van der Waals surface area contributed by atoms with Crippen LogP contribution >= 0.6 is 0 Å². The first-order chi connectivity index (χ1) is 14.5. The van der Waals surface area contributed by atoms with Gasteiger partial charge in [0.05, 0.1) is 5.69 Å². The Balaban J connectivity index is 1.49. The molecule has 1 aliphatic rings. The molecule has 1 fully saturated rings. The van der Waals surface area contributed by atoms with Crippen molar-refractivity contribution in [3.8, 4) is 11.4 Å². The number of nitrogens with zero attached hydrogens (tertiary/aromatic N) is 3. The first-order valence-electron chi connectivity index (χ1n) is 9.90. The van der Waals surface area contributed by atoms with Gasteiger partial charge < -0.3 is 10.2 Å². The van der Waals surface area contributed by atoms with Crippen LogP contribution in [0.15, 0.2) is 54.7 Å². The Morgan fingerprint density at radius 1 is 1.17 bits per heavy atom. The lowest BCUT2D eigenvalue weighted by atomic mass is 9.94. The summed E-state index contributed by atoms with van der Waals surface area (Å²) in [7, 11) is 0. The number of hydrogen-bond donors (Lipinski definition) is 1. The van der Waals surface area contributed by atoms with Gasteiger partial charge in [0, 0.05) is 42.5 Å². The minimum Gasteiger partial charge on any atom is -0.324 e. The van der Waals surface area contributed by atoms with Crippen LogP contribution in [0, 0.1) is 18.6 Å². The van der Waals surface area contributed by atoms with Gasteiger partial charge >= 0.3 is 6.03 Å². The van der Waals surface area contributed by atoms with Crippen molar-refractivity contribution in [2.45, 2.75) is 25.7 Å². The third-order valence-electron chi connectivity index (χ3n) is 5.25. The van der Waals surface area contributed by atoms with Crippen LogP contribution < -0.4 is 5.32 Å². The predicted molar refractivity (Wildman–Crippen MR) is 111 cm³/mol. The molecule has 1 N–H and O–H groups in total. The second kappa shape index (κ2) is 8.57. The Labute approximate surface area is 173 Å². The highest BCUT2D eigenvalue weighted by molar-refractivity contribution is 5.89. The largest absolute Gasteiger partial charge is 0.324 e. The topological polar surface area (TPSA) is 58.1 Å². The smallest absolute Gasteiger partial charge is 0.321 e. The summed E-state index contributed by atoms with van der Waals surface area (Å²) in [5.41, 5.74) is 2.79. The second-order valence-corrected chi connectivity index (χ2v) is 7.51. The number of carbonyl (C=O) groups is 1. The van der Waals surface area contributed by atoms with Crippen LogP contribution in [-0.2, 0) is 0 Å². The number of rotatable bonds is 3. The van der Waals surface area contributed by atoms with Gasteiger partial charge in [0.1, 0.15) is 11.6 Å². The molecule has 2 aromatic carbocycles. The van der Waals surface area contributed by atoms with Gasteiger partial charge in [-0.05, 0) is 44.0 Å². The summed E-state index contributed by atoms with van der Waals surface area (Å²) < 4.78 is 27.2. The number of hydrogen-bond acceptors (Lipinski definition) is 3. The van der Waals surface area contributed by atoms with Crippen LogP contribution in [0.4, 0.5) is 19.3 Å². The SMILES string of the molecule is Cc1cccc(-c2nccc([C@H]3CCCN(C(=O)Nc4cc(F)ccc4F)C3)n2)c1. The molecule has 0 aliphatic carbocycles. The number of nitrogens with one attached hydrogen (secondary N) is 1. The number of aromatic nitrogens is 2. The highest BCUT2D eigenvalue weighted by Crippen LogP contribution is 2.28. The molecule has 4 rings (SSSR count). The number of benzene rings is 2. The van der Waals surface area contributed by atoms with E-state index in [2.05, 4.69) is 10.3 Å². The van der Waals surface area contributed by atoms with Crippen LogP contribution in [0.5, 0.6) is 0 Å². The summed E-state index contributed by atoms with van der Waals surface area (Å²) in [4.78, 5) is 23.4. The number of likely N-dealkylation sites (tertiary alicyclic amines) is 1. The lowest BCUT2D eigenvalue weighted by Gasteiger charge is -2.32. The van der Waals surface area contributed by atoms with Crippen molar-refractivity contribution in [2.75, 3.05) is 18.4 Å². The summed E-state index contributed by atoms with van der Waals surface area (Å²) in [6.07, 6.45) is 3.43. The first kappa shape index (κ1) is 19.9. The molecule has 0 spiro atoms. The van der Waals surface area contributed by atoms with E-state index in [1.54, 1.807) is 11.1 Å². The Morgan fingerprint density at radius 3 is 2.87 bits per heavy atom. The molecule has 0 unspecified atom stereocenters. The summed E-state index contributed by atoms with van der Waals surface area (Å²) in [5, 5.41) is 2.48. The van der Waals surface area contributed by atoms with Gasteiger partial charge in [-0.1, -0.05) is 23.8 Å². The van der Waals surface area contributed by atoms with Gasteiger partial charge in [-0.25, -0.2) is 23.5 Å². The fourth-order valence-corrected chi connectivity index (χ4v) is 3.71. The minimum absolute atomic E-state index is 0.0495. The van der Waals surface area contributed by atoms with Gasteiger partial charge in [0.25, 0.3) is 0 Å². The van der Waals surface area contributed by atoms with Crippen molar-refractivity contribution in [3.05, 3.63) is 77.6 Å². The highest BCUT2D eigenvalue weighted by atomic mass is 19.1. The maximum atomic E-state index is 13.9. The van der Waals surface area contributed by atoms with Crippen molar-refractivity contribution in [1.29, 1.82) is 0 Å². The molecule has 3 aromatic rings. The second-order valence-electron chi connectivity index (χ2n) is 7.51. The van der Waals surface area contributed by atoms with E-state index < -0.39 is 17.7 Å². The minimum atomic E-state index is -0.670. The maximum Gasteiger partial charge on any atom is 0.321 e. The van der Waals surface area contributed by atoms with E-state index in [4.69, 9.17) is 4.98 Å². The molecular weight excluding hydrogens is 386 g/mol. The Bertz CT molecular complexity index is 1070. The zero-order chi connectivity index (χ0) is 21.1. The van der Waals surface area contributed by atoms with Crippen LogP contribution in [0.1, 0.15) is 30.0 Å². The number of amides is 2. The molecule has 1 aromatic heterocycles. The van der Waals surface area contributed by atoms with Crippen LogP contribution in [0.2, 0.25) is 0 Å². The molecule has 1 atom stereocenters. The van der Waals surface area contributed by atoms with Crippen molar-refractivity contribution in [1.82, 2.24) is 14.9 Å². The summed E-state index contributed by atoms with van der Waals surface area (Å²) >= 11 is 0. The van der Waals surface area contributed by atoms with Gasteiger partial charge in [0.15, 0.2) is 5.82 Å². The fourth-order valence-electron chi connectivity index (χ4n) is 3.71. The van der Waals surface area contributed by atoms with Gasteiger partial charge in [-0.2, -0.15) is 0 Å². The van der Waals surface area contributed by atoms with E-state index in [9.17, 15) is 13.6 Å². The lowest BCUT2D eigenvalue weighted by Crippen LogP contribution is -2.42. The molecule has 2 heterocycles. The van der Waals surface area contributed by atoms with Crippen molar-refractivity contribution in [3.63, 3.8) is 0 Å². The number of aryl methyl sites for hydroxylation is 1. The zero-order valence-corrected chi connectivity index (χ0v) is 16.6. The molecule has 30 heavy (non-hydrogen) atoms. The Kier molecular flexibility index (Phi) is 5.70. The molecule has 0 bridgehead atoms. The molecule has 154 valence electrons. The fraction of sp³-hybridized carbons (Fsp3) is 0.261. The maximum absolute atomic E-state index is 13.9. The molecule has 1 saturated heterocycles. The molecule has 2 amide bonds. The van der Waals surface area contributed by atoms with E-state index in [0.717, 1.165) is 47.9 Å². The quantitative estimate of drug-likeness (QED) is 0.653. The normalized spacial score (nSPS) is 16.4. The molecular formula is C23H22F2N4O. The van der Waals surface area contributed by atoms with Crippen LogP contribution in [0.3, 0.4) is 0 Å². The van der Waals surface area contributed by atoms with Crippen LogP contribution in [0.25, 0.3) is 11.4 Å². The van der Waals surface area contributed by atoms with E-state index in [-0.39, 0.29) is 11.6 Å². The number of carbonyl (C=O) groups excluding carboxylic acids is 1. The lowest BCUT2D eigenvalue weighted by molar-refractivity contribution is 0.192. The number of piperidine rings is 1. The molecule has 0 saturated carbocycles. The van der Waals surface area contributed by atoms with E-state index in [0.29, 0.717) is 18.9 Å². The molecule has 1 aliphatic heterocycles. The van der Waals surface area contributed by atoms with Crippen molar-refractivity contribution >= 4 is 11.7 Å². The number of halogens is 2.